The van der Waals surface area contributed by atoms with Crippen LogP contribution in [0, 0.1) is 19.7 Å². The van der Waals surface area contributed by atoms with Crippen LogP contribution in [0.3, 0.4) is 0 Å². The lowest BCUT2D eigenvalue weighted by Crippen LogP contribution is -2.23. The molecule has 0 saturated heterocycles. The summed E-state index contributed by atoms with van der Waals surface area (Å²) in [6.07, 6.45) is 1.94. The van der Waals surface area contributed by atoms with Crippen LogP contribution >= 0.6 is 0 Å². The average Bonchev–Trinajstić information content (AvgIpc) is 2.93. The first-order chi connectivity index (χ1) is 9.56. The monoisotopic (exact) mass is 274 g/mol. The van der Waals surface area contributed by atoms with Crippen LogP contribution in [-0.4, -0.2) is 5.16 Å². The van der Waals surface area contributed by atoms with Gasteiger partial charge in [0.05, 0.1) is 5.69 Å². The van der Waals surface area contributed by atoms with E-state index in [2.05, 4.69) is 17.4 Å². The van der Waals surface area contributed by atoms with E-state index in [4.69, 9.17) is 4.52 Å². The number of nitrogens with zero attached hydrogens (tertiary/aromatic N) is 1. The molecular formula is C16H19FN2O. The Morgan fingerprint density at radius 3 is 2.90 bits per heavy atom. The van der Waals surface area contributed by atoms with Crippen molar-refractivity contribution in [2.75, 3.05) is 0 Å². The minimum Gasteiger partial charge on any atom is -0.361 e. The number of nitrogens with one attached hydrogen (secondary N) is 1. The maximum atomic E-state index is 13.2. The van der Waals surface area contributed by atoms with Crippen LogP contribution < -0.4 is 5.32 Å². The van der Waals surface area contributed by atoms with Crippen LogP contribution in [0.4, 0.5) is 4.39 Å². The van der Waals surface area contributed by atoms with Crippen LogP contribution in [0.25, 0.3) is 0 Å². The topological polar surface area (TPSA) is 38.1 Å². The third kappa shape index (κ3) is 2.24. The second-order valence-electron chi connectivity index (χ2n) is 5.56. The Morgan fingerprint density at radius 1 is 1.40 bits per heavy atom. The summed E-state index contributed by atoms with van der Waals surface area (Å²) in [7, 11) is 0. The van der Waals surface area contributed by atoms with E-state index in [1.165, 1.54) is 5.56 Å². The van der Waals surface area contributed by atoms with Gasteiger partial charge in [0.1, 0.15) is 11.6 Å². The van der Waals surface area contributed by atoms with Gasteiger partial charge in [-0.2, -0.15) is 0 Å². The zero-order valence-electron chi connectivity index (χ0n) is 12.0. The van der Waals surface area contributed by atoms with E-state index in [1.807, 2.05) is 19.9 Å². The van der Waals surface area contributed by atoms with Crippen molar-refractivity contribution in [3.63, 3.8) is 0 Å². The number of benzene rings is 1. The van der Waals surface area contributed by atoms with E-state index >= 15 is 0 Å². The highest BCUT2D eigenvalue weighted by atomic mass is 19.1. The first kappa shape index (κ1) is 13.3. The van der Waals surface area contributed by atoms with Gasteiger partial charge in [-0.15, -0.1) is 0 Å². The fraction of sp³-hybridized carbons (Fsp3) is 0.438. The standard InChI is InChI=1S/C16H19FN2O/c1-9(16-10(2)19-20-11(16)3)18-15-7-4-12-8-13(17)5-6-14(12)15/h5-6,8-9,15,18H,4,7H2,1-3H3. The molecule has 1 heterocycles. The van der Waals surface area contributed by atoms with Crippen molar-refractivity contribution in [2.24, 2.45) is 0 Å². The molecule has 20 heavy (non-hydrogen) atoms. The molecule has 1 aromatic carbocycles. The lowest BCUT2D eigenvalue weighted by molar-refractivity contribution is 0.388. The molecule has 0 saturated carbocycles. The van der Waals surface area contributed by atoms with Crippen molar-refractivity contribution in [3.8, 4) is 0 Å². The quantitative estimate of drug-likeness (QED) is 0.926. The number of halogens is 1. The Balaban J connectivity index is 1.81. The molecule has 1 aromatic heterocycles. The smallest absolute Gasteiger partial charge is 0.138 e. The van der Waals surface area contributed by atoms with E-state index in [9.17, 15) is 4.39 Å². The van der Waals surface area contributed by atoms with Crippen LogP contribution in [0.2, 0.25) is 0 Å². The lowest BCUT2D eigenvalue weighted by Gasteiger charge is -2.20. The molecule has 0 spiro atoms. The lowest BCUT2D eigenvalue weighted by atomic mass is 10.0. The highest BCUT2D eigenvalue weighted by molar-refractivity contribution is 5.35. The molecule has 2 aromatic rings. The van der Waals surface area contributed by atoms with Crippen molar-refractivity contribution in [1.29, 1.82) is 0 Å². The van der Waals surface area contributed by atoms with Gasteiger partial charge in [-0.05, 0) is 56.9 Å². The molecule has 0 bridgehead atoms. The molecule has 0 aliphatic heterocycles. The molecule has 2 unspecified atom stereocenters. The van der Waals surface area contributed by atoms with Gasteiger partial charge >= 0.3 is 0 Å². The van der Waals surface area contributed by atoms with E-state index in [-0.39, 0.29) is 17.9 Å². The summed E-state index contributed by atoms with van der Waals surface area (Å²) in [5, 5.41) is 7.62. The van der Waals surface area contributed by atoms with Crippen LogP contribution in [0.5, 0.6) is 0 Å². The molecule has 1 aliphatic carbocycles. The van der Waals surface area contributed by atoms with Gasteiger partial charge in [-0.3, -0.25) is 0 Å². The van der Waals surface area contributed by atoms with Crippen molar-refractivity contribution < 1.29 is 8.91 Å². The Morgan fingerprint density at radius 2 is 2.20 bits per heavy atom. The molecule has 1 aliphatic rings. The Bertz CT molecular complexity index is 616. The van der Waals surface area contributed by atoms with Gasteiger partial charge in [0.2, 0.25) is 0 Å². The SMILES string of the molecule is Cc1noc(C)c1C(C)NC1CCc2cc(F)ccc21. The number of aryl methyl sites for hydroxylation is 3. The number of fused-ring (bicyclic) bond motifs is 1. The third-order valence-electron chi connectivity index (χ3n) is 4.16. The molecule has 1 N–H and O–H groups in total. The van der Waals surface area contributed by atoms with Crippen molar-refractivity contribution in [1.82, 2.24) is 10.5 Å². The minimum absolute atomic E-state index is 0.150. The molecule has 4 heteroatoms. The number of aromatic nitrogens is 1. The van der Waals surface area contributed by atoms with Crippen molar-refractivity contribution in [3.05, 3.63) is 52.2 Å². The maximum Gasteiger partial charge on any atom is 0.138 e. The van der Waals surface area contributed by atoms with Crippen molar-refractivity contribution in [2.45, 2.75) is 45.7 Å². The van der Waals surface area contributed by atoms with Gasteiger partial charge in [0.15, 0.2) is 0 Å². The summed E-state index contributed by atoms with van der Waals surface area (Å²) in [6, 6.07) is 5.53. The van der Waals surface area contributed by atoms with E-state index < -0.39 is 0 Å². The number of hydrogen-bond donors (Lipinski definition) is 1. The Hall–Kier alpha value is -1.68. The minimum atomic E-state index is -0.150. The normalized spacial score (nSPS) is 19.1. The Kier molecular flexibility index (Phi) is 3.34. The van der Waals surface area contributed by atoms with Crippen molar-refractivity contribution >= 4 is 0 Å². The molecule has 3 nitrogen and oxygen atoms in total. The molecule has 0 amide bonds. The molecule has 2 atom stereocenters. The zero-order valence-corrected chi connectivity index (χ0v) is 12.0. The van der Waals surface area contributed by atoms with Gasteiger partial charge < -0.3 is 9.84 Å². The van der Waals surface area contributed by atoms with Gasteiger partial charge in [-0.25, -0.2) is 4.39 Å². The Labute approximate surface area is 118 Å². The molecule has 3 rings (SSSR count). The van der Waals surface area contributed by atoms with E-state index in [1.54, 1.807) is 12.1 Å². The second-order valence-corrected chi connectivity index (χ2v) is 5.56. The predicted molar refractivity (Wildman–Crippen MR) is 75.0 cm³/mol. The number of rotatable bonds is 3. The zero-order chi connectivity index (χ0) is 14.3. The van der Waals surface area contributed by atoms with Crippen LogP contribution in [0.15, 0.2) is 22.7 Å². The van der Waals surface area contributed by atoms with E-state index in [0.29, 0.717) is 0 Å². The van der Waals surface area contributed by atoms with Gasteiger partial charge in [0, 0.05) is 17.6 Å². The summed E-state index contributed by atoms with van der Waals surface area (Å²) in [5.41, 5.74) is 4.39. The molecule has 106 valence electrons. The summed E-state index contributed by atoms with van der Waals surface area (Å²) in [4.78, 5) is 0. The summed E-state index contributed by atoms with van der Waals surface area (Å²) < 4.78 is 18.5. The first-order valence-electron chi connectivity index (χ1n) is 7.03. The first-order valence-corrected chi connectivity index (χ1v) is 7.03. The highest BCUT2D eigenvalue weighted by Gasteiger charge is 2.26. The third-order valence-corrected chi connectivity index (χ3v) is 4.16. The summed E-state index contributed by atoms with van der Waals surface area (Å²) in [5.74, 6) is 0.711. The summed E-state index contributed by atoms with van der Waals surface area (Å²) in [6.45, 7) is 6.02. The summed E-state index contributed by atoms with van der Waals surface area (Å²) >= 11 is 0. The molecular weight excluding hydrogens is 255 g/mol. The molecule has 0 radical (unpaired) electrons. The molecule has 0 fully saturated rings. The average molecular weight is 274 g/mol. The van der Waals surface area contributed by atoms with Gasteiger partial charge in [-0.1, -0.05) is 11.2 Å². The van der Waals surface area contributed by atoms with Crippen LogP contribution in [-0.2, 0) is 6.42 Å². The fourth-order valence-corrected chi connectivity index (χ4v) is 3.25. The predicted octanol–water partition coefficient (Wildman–Crippen LogP) is 3.77. The maximum absolute atomic E-state index is 13.2. The van der Waals surface area contributed by atoms with E-state index in [0.717, 1.165) is 35.4 Å². The second kappa shape index (κ2) is 5.02. The highest BCUT2D eigenvalue weighted by Crippen LogP contribution is 2.34. The number of hydrogen-bond acceptors (Lipinski definition) is 3. The fourth-order valence-electron chi connectivity index (χ4n) is 3.25. The largest absolute Gasteiger partial charge is 0.361 e. The van der Waals surface area contributed by atoms with Gasteiger partial charge in [0.25, 0.3) is 0 Å². The van der Waals surface area contributed by atoms with Crippen LogP contribution in [0.1, 0.15) is 53.6 Å².